The molecule has 0 amide bonds. The second-order valence-corrected chi connectivity index (χ2v) is 4.55. The molecule has 2 aromatic heterocycles. The maximum Gasteiger partial charge on any atom is 0.198 e. The van der Waals surface area contributed by atoms with Gasteiger partial charge in [-0.05, 0) is 25.1 Å². The number of aromatic amines is 1. The second kappa shape index (κ2) is 4.03. The van der Waals surface area contributed by atoms with Gasteiger partial charge in [-0.3, -0.25) is 4.79 Å². The molecule has 3 aromatic rings. The molecule has 4 heteroatoms. The predicted octanol–water partition coefficient (Wildman–Crippen LogP) is 3.95. The molecule has 0 aliphatic heterocycles. The van der Waals surface area contributed by atoms with Gasteiger partial charge in [0.1, 0.15) is 12.0 Å². The van der Waals surface area contributed by atoms with Gasteiger partial charge in [-0.2, -0.15) is 0 Å². The lowest BCUT2D eigenvalue weighted by Gasteiger charge is -1.98. The Bertz CT molecular complexity index is 739. The predicted molar refractivity (Wildman–Crippen MR) is 70.2 cm³/mol. The molecule has 2 heterocycles. The van der Waals surface area contributed by atoms with Crippen molar-refractivity contribution in [3.63, 3.8) is 0 Å². The number of carbonyl (C=O) groups is 1. The fourth-order valence-corrected chi connectivity index (χ4v) is 2.31. The van der Waals surface area contributed by atoms with Gasteiger partial charge in [-0.1, -0.05) is 17.7 Å². The van der Waals surface area contributed by atoms with Gasteiger partial charge in [-0.15, -0.1) is 0 Å². The van der Waals surface area contributed by atoms with E-state index in [1.165, 1.54) is 6.26 Å². The third-order valence-corrected chi connectivity index (χ3v) is 3.21. The highest BCUT2D eigenvalue weighted by Crippen LogP contribution is 2.28. The molecule has 90 valence electrons. The number of benzene rings is 1. The summed E-state index contributed by atoms with van der Waals surface area (Å²) in [6.07, 6.45) is 3.15. The van der Waals surface area contributed by atoms with Gasteiger partial charge in [-0.25, -0.2) is 0 Å². The van der Waals surface area contributed by atoms with Crippen LogP contribution >= 0.6 is 11.6 Å². The highest BCUT2D eigenvalue weighted by Gasteiger charge is 2.17. The minimum Gasteiger partial charge on any atom is -0.469 e. The van der Waals surface area contributed by atoms with Gasteiger partial charge in [0.25, 0.3) is 0 Å². The fraction of sp³-hybridized carbons (Fsp3) is 0.0714. The van der Waals surface area contributed by atoms with Gasteiger partial charge in [0.2, 0.25) is 0 Å². The summed E-state index contributed by atoms with van der Waals surface area (Å²) in [6.45, 7) is 1.80. The van der Waals surface area contributed by atoms with E-state index < -0.39 is 0 Å². The molecule has 3 rings (SSSR count). The summed E-state index contributed by atoms with van der Waals surface area (Å²) in [4.78, 5) is 15.4. The molecule has 0 atom stereocenters. The van der Waals surface area contributed by atoms with Crippen LogP contribution in [-0.2, 0) is 0 Å². The first-order valence-electron chi connectivity index (χ1n) is 5.52. The lowest BCUT2D eigenvalue weighted by atomic mass is 10.1. The standard InChI is InChI=1S/C14H10ClNO2/c1-8-5-9(7-18-8)14(17)10-6-16-12-4-2-3-11(15)13(10)12/h2-7,16H,1H3. The van der Waals surface area contributed by atoms with Crippen molar-refractivity contribution in [2.75, 3.05) is 0 Å². The summed E-state index contributed by atoms with van der Waals surface area (Å²) in [7, 11) is 0. The number of nitrogens with one attached hydrogen (secondary N) is 1. The van der Waals surface area contributed by atoms with Crippen molar-refractivity contribution in [2.24, 2.45) is 0 Å². The number of fused-ring (bicyclic) bond motifs is 1. The minimum absolute atomic E-state index is 0.0915. The van der Waals surface area contributed by atoms with E-state index in [9.17, 15) is 4.79 Å². The largest absolute Gasteiger partial charge is 0.469 e. The van der Waals surface area contributed by atoms with Gasteiger partial charge in [0.05, 0.1) is 10.6 Å². The summed E-state index contributed by atoms with van der Waals surface area (Å²) < 4.78 is 5.16. The van der Waals surface area contributed by atoms with E-state index in [0.717, 1.165) is 10.9 Å². The molecule has 1 aromatic carbocycles. The lowest BCUT2D eigenvalue weighted by molar-refractivity contribution is 0.103. The molecule has 0 fully saturated rings. The summed E-state index contributed by atoms with van der Waals surface area (Å²) in [6, 6.07) is 7.23. The van der Waals surface area contributed by atoms with Crippen LogP contribution in [0.3, 0.4) is 0 Å². The van der Waals surface area contributed by atoms with Gasteiger partial charge in [0.15, 0.2) is 5.78 Å². The monoisotopic (exact) mass is 259 g/mol. The minimum atomic E-state index is -0.0915. The molecular formula is C14H10ClNO2. The quantitative estimate of drug-likeness (QED) is 0.708. The molecule has 0 aliphatic carbocycles. The molecule has 18 heavy (non-hydrogen) atoms. The highest BCUT2D eigenvalue weighted by molar-refractivity contribution is 6.37. The van der Waals surface area contributed by atoms with Crippen LogP contribution in [0.2, 0.25) is 5.02 Å². The van der Waals surface area contributed by atoms with E-state index in [-0.39, 0.29) is 5.78 Å². The van der Waals surface area contributed by atoms with E-state index in [0.29, 0.717) is 21.9 Å². The molecule has 0 aliphatic rings. The molecule has 0 radical (unpaired) electrons. The summed E-state index contributed by atoms with van der Waals surface area (Å²) in [5.74, 6) is 0.621. The number of carbonyl (C=O) groups excluding carboxylic acids is 1. The average molecular weight is 260 g/mol. The number of H-pyrrole nitrogens is 1. The summed E-state index contributed by atoms with van der Waals surface area (Å²) >= 11 is 6.14. The number of furan rings is 1. The zero-order valence-electron chi connectivity index (χ0n) is 9.66. The second-order valence-electron chi connectivity index (χ2n) is 4.14. The van der Waals surface area contributed by atoms with E-state index in [4.69, 9.17) is 16.0 Å². The maximum atomic E-state index is 12.3. The van der Waals surface area contributed by atoms with E-state index in [2.05, 4.69) is 4.98 Å². The van der Waals surface area contributed by atoms with Crippen LogP contribution in [0.15, 0.2) is 41.1 Å². The van der Waals surface area contributed by atoms with Crippen molar-refractivity contribution in [1.82, 2.24) is 4.98 Å². The molecule has 0 unspecified atom stereocenters. The first-order valence-corrected chi connectivity index (χ1v) is 5.90. The van der Waals surface area contributed by atoms with Crippen molar-refractivity contribution in [1.29, 1.82) is 0 Å². The smallest absolute Gasteiger partial charge is 0.198 e. The zero-order valence-corrected chi connectivity index (χ0v) is 10.4. The van der Waals surface area contributed by atoms with Gasteiger partial charge in [0, 0.05) is 22.7 Å². The van der Waals surface area contributed by atoms with Crippen LogP contribution in [-0.4, -0.2) is 10.8 Å². The van der Waals surface area contributed by atoms with Crippen molar-refractivity contribution in [2.45, 2.75) is 6.92 Å². The Morgan fingerprint density at radius 1 is 1.39 bits per heavy atom. The van der Waals surface area contributed by atoms with Crippen LogP contribution in [0.25, 0.3) is 10.9 Å². The number of ketones is 1. The molecule has 1 N–H and O–H groups in total. The Morgan fingerprint density at radius 3 is 2.94 bits per heavy atom. The van der Waals surface area contributed by atoms with Crippen molar-refractivity contribution >= 4 is 28.3 Å². The molecular weight excluding hydrogens is 250 g/mol. The third-order valence-electron chi connectivity index (χ3n) is 2.89. The zero-order chi connectivity index (χ0) is 12.7. The highest BCUT2D eigenvalue weighted by atomic mass is 35.5. The molecule has 3 nitrogen and oxygen atoms in total. The average Bonchev–Trinajstić information content (AvgIpc) is 2.95. The lowest BCUT2D eigenvalue weighted by Crippen LogP contribution is -1.98. The fourth-order valence-electron chi connectivity index (χ4n) is 2.04. The maximum absolute atomic E-state index is 12.3. The normalized spacial score (nSPS) is 11.0. The Kier molecular flexibility index (Phi) is 2.49. The molecule has 0 bridgehead atoms. The van der Waals surface area contributed by atoms with Crippen LogP contribution in [0.5, 0.6) is 0 Å². The van der Waals surface area contributed by atoms with E-state index in [1.807, 2.05) is 12.1 Å². The number of hydrogen-bond donors (Lipinski definition) is 1. The SMILES string of the molecule is Cc1cc(C(=O)c2c[nH]c3cccc(Cl)c23)co1. The molecule has 0 saturated heterocycles. The Morgan fingerprint density at radius 2 is 2.22 bits per heavy atom. The number of aromatic nitrogens is 1. The Hall–Kier alpha value is -2.00. The van der Waals surface area contributed by atoms with Crippen LogP contribution in [0.1, 0.15) is 21.7 Å². The van der Waals surface area contributed by atoms with Gasteiger partial charge >= 0.3 is 0 Å². The third kappa shape index (κ3) is 1.64. The van der Waals surface area contributed by atoms with Crippen molar-refractivity contribution in [3.8, 4) is 0 Å². The number of hydrogen-bond acceptors (Lipinski definition) is 2. The Balaban J connectivity index is 2.18. The van der Waals surface area contributed by atoms with Crippen molar-refractivity contribution in [3.05, 3.63) is 58.6 Å². The van der Waals surface area contributed by atoms with Gasteiger partial charge < -0.3 is 9.40 Å². The van der Waals surface area contributed by atoms with E-state index >= 15 is 0 Å². The van der Waals surface area contributed by atoms with Crippen LogP contribution in [0, 0.1) is 6.92 Å². The topological polar surface area (TPSA) is 46.0 Å². The van der Waals surface area contributed by atoms with E-state index in [1.54, 1.807) is 25.3 Å². The first-order chi connectivity index (χ1) is 8.66. The molecule has 0 saturated carbocycles. The van der Waals surface area contributed by atoms with Crippen LogP contribution < -0.4 is 0 Å². The summed E-state index contributed by atoms with van der Waals surface area (Å²) in [5.41, 5.74) is 1.95. The van der Waals surface area contributed by atoms with Crippen molar-refractivity contribution < 1.29 is 9.21 Å². The Labute approximate surface area is 108 Å². The number of halogens is 1. The van der Waals surface area contributed by atoms with Crippen LogP contribution in [0.4, 0.5) is 0 Å². The summed E-state index contributed by atoms with van der Waals surface area (Å²) in [5, 5.41) is 1.32. The molecule has 0 spiro atoms. The first kappa shape index (κ1) is 11.1. The number of aryl methyl sites for hydroxylation is 1. The number of rotatable bonds is 2.